The van der Waals surface area contributed by atoms with Crippen molar-refractivity contribution in [2.75, 3.05) is 39.5 Å². The Bertz CT molecular complexity index is 129. The van der Waals surface area contributed by atoms with Gasteiger partial charge in [0.15, 0.2) is 0 Å². The van der Waals surface area contributed by atoms with Gasteiger partial charge in [-0.3, -0.25) is 4.79 Å². The van der Waals surface area contributed by atoms with E-state index in [1.54, 1.807) is 0 Å². The van der Waals surface area contributed by atoms with Gasteiger partial charge in [0.2, 0.25) is 0 Å². The summed E-state index contributed by atoms with van der Waals surface area (Å²) in [6, 6.07) is 0. The summed E-state index contributed by atoms with van der Waals surface area (Å²) in [6.07, 6.45) is 0. The van der Waals surface area contributed by atoms with Crippen molar-refractivity contribution in [2.45, 2.75) is 6.92 Å². The number of aliphatic hydroxyl groups is 1. The van der Waals surface area contributed by atoms with Crippen LogP contribution >= 0.6 is 0 Å². The molecule has 0 amide bonds. The average Bonchev–Trinajstić information content (AvgIpc) is 2.13. The molecule has 13 heavy (non-hydrogen) atoms. The molecule has 0 unspecified atom stereocenters. The molecule has 0 aromatic heterocycles. The molecule has 0 rings (SSSR count). The first kappa shape index (κ1) is 12.3. The molecule has 0 aliphatic rings. The molecule has 0 radical (unpaired) electrons. The summed E-state index contributed by atoms with van der Waals surface area (Å²) in [5.41, 5.74) is 0. The number of aliphatic hydroxyl groups excluding tert-OH is 1. The summed E-state index contributed by atoms with van der Waals surface area (Å²) in [4.78, 5) is 10.9. The number of carbonyl (C=O) groups excluding carboxylic acids is 1. The minimum absolute atomic E-state index is 0.0201. The van der Waals surface area contributed by atoms with E-state index < -0.39 is 0 Å². The van der Waals surface area contributed by atoms with Crippen molar-refractivity contribution in [1.29, 1.82) is 0 Å². The van der Waals surface area contributed by atoms with E-state index >= 15 is 0 Å². The number of rotatable bonds is 8. The molecule has 0 aromatic carbocycles. The number of carbonyl (C=O) groups is 1. The average molecular weight is 191 g/mol. The van der Waals surface area contributed by atoms with Crippen molar-refractivity contribution < 1.29 is 19.4 Å². The van der Waals surface area contributed by atoms with Gasteiger partial charge in [0, 0.05) is 13.2 Å². The Morgan fingerprint density at radius 3 is 2.85 bits per heavy atom. The number of hydrogen-bond acceptors (Lipinski definition) is 5. The molecule has 0 spiro atoms. The number of hydrogen-bond donors (Lipinski definition) is 2. The standard InChI is InChI=1S/C8H17NO4/c1-2-12-5-6-13-8(11)7-9-3-4-10/h9-10H,2-7H2,1H3. The van der Waals surface area contributed by atoms with E-state index in [0.717, 1.165) is 0 Å². The largest absolute Gasteiger partial charge is 0.462 e. The summed E-state index contributed by atoms with van der Waals surface area (Å²) < 4.78 is 9.75. The van der Waals surface area contributed by atoms with Crippen LogP contribution < -0.4 is 5.32 Å². The smallest absolute Gasteiger partial charge is 0.320 e. The summed E-state index contributed by atoms with van der Waals surface area (Å²) in [6.45, 7) is 3.78. The lowest BCUT2D eigenvalue weighted by molar-refractivity contribution is -0.144. The molecular weight excluding hydrogens is 174 g/mol. The highest BCUT2D eigenvalue weighted by molar-refractivity contribution is 5.71. The van der Waals surface area contributed by atoms with Crippen LogP contribution in [0.2, 0.25) is 0 Å². The van der Waals surface area contributed by atoms with Crippen LogP contribution in [0.25, 0.3) is 0 Å². The van der Waals surface area contributed by atoms with Gasteiger partial charge in [-0.2, -0.15) is 0 Å². The molecule has 5 heteroatoms. The van der Waals surface area contributed by atoms with E-state index in [1.807, 2.05) is 6.92 Å². The van der Waals surface area contributed by atoms with E-state index in [-0.39, 0.29) is 25.7 Å². The molecule has 0 aliphatic carbocycles. The van der Waals surface area contributed by atoms with Gasteiger partial charge >= 0.3 is 5.97 Å². The first-order valence-electron chi connectivity index (χ1n) is 4.36. The van der Waals surface area contributed by atoms with Crippen molar-refractivity contribution in [2.24, 2.45) is 0 Å². The summed E-state index contributed by atoms with van der Waals surface area (Å²) >= 11 is 0. The monoisotopic (exact) mass is 191 g/mol. The van der Waals surface area contributed by atoms with Gasteiger partial charge in [0.25, 0.3) is 0 Å². The highest BCUT2D eigenvalue weighted by Gasteiger charge is 2.00. The van der Waals surface area contributed by atoms with Crippen molar-refractivity contribution in [3.8, 4) is 0 Å². The van der Waals surface area contributed by atoms with E-state index in [9.17, 15) is 4.79 Å². The summed E-state index contributed by atoms with van der Waals surface area (Å²) in [5, 5.41) is 11.1. The predicted molar refractivity (Wildman–Crippen MR) is 47.4 cm³/mol. The highest BCUT2D eigenvalue weighted by Crippen LogP contribution is 1.79. The van der Waals surface area contributed by atoms with E-state index in [0.29, 0.717) is 19.8 Å². The minimum atomic E-state index is -0.326. The van der Waals surface area contributed by atoms with Crippen molar-refractivity contribution >= 4 is 5.97 Å². The second-order valence-electron chi connectivity index (χ2n) is 2.32. The molecule has 5 nitrogen and oxygen atoms in total. The second kappa shape index (κ2) is 9.44. The first-order valence-corrected chi connectivity index (χ1v) is 4.36. The van der Waals surface area contributed by atoms with Crippen LogP contribution in [0.1, 0.15) is 6.92 Å². The lowest BCUT2D eigenvalue weighted by Crippen LogP contribution is -2.27. The summed E-state index contributed by atoms with van der Waals surface area (Å²) in [7, 11) is 0. The van der Waals surface area contributed by atoms with Crippen molar-refractivity contribution in [3.05, 3.63) is 0 Å². The fraction of sp³-hybridized carbons (Fsp3) is 0.875. The zero-order chi connectivity index (χ0) is 9.94. The SMILES string of the molecule is CCOCCOC(=O)CNCCO. The fourth-order valence-electron chi connectivity index (χ4n) is 0.679. The van der Waals surface area contributed by atoms with Gasteiger partial charge in [0.1, 0.15) is 6.61 Å². The minimum Gasteiger partial charge on any atom is -0.462 e. The van der Waals surface area contributed by atoms with Crippen LogP contribution in [-0.2, 0) is 14.3 Å². The van der Waals surface area contributed by atoms with Crippen LogP contribution in [0.15, 0.2) is 0 Å². The maximum atomic E-state index is 10.9. The number of ether oxygens (including phenoxy) is 2. The topological polar surface area (TPSA) is 67.8 Å². The zero-order valence-corrected chi connectivity index (χ0v) is 7.91. The maximum absolute atomic E-state index is 10.9. The van der Waals surface area contributed by atoms with Gasteiger partial charge in [-0.05, 0) is 6.92 Å². The Kier molecular flexibility index (Phi) is 8.97. The van der Waals surface area contributed by atoms with Crippen LogP contribution in [0, 0.1) is 0 Å². The molecule has 0 atom stereocenters. The molecule has 0 fully saturated rings. The number of nitrogens with one attached hydrogen (secondary N) is 1. The first-order chi connectivity index (χ1) is 6.31. The van der Waals surface area contributed by atoms with Crippen LogP contribution in [-0.4, -0.2) is 50.6 Å². The third-order valence-electron chi connectivity index (χ3n) is 1.25. The normalized spacial score (nSPS) is 10.0. The molecule has 0 aliphatic heterocycles. The number of esters is 1. The van der Waals surface area contributed by atoms with Crippen LogP contribution in [0.3, 0.4) is 0 Å². The quantitative estimate of drug-likeness (QED) is 0.386. The molecule has 0 saturated heterocycles. The Balaban J connectivity index is 3.11. The lowest BCUT2D eigenvalue weighted by atomic mass is 10.6. The highest BCUT2D eigenvalue weighted by atomic mass is 16.6. The van der Waals surface area contributed by atoms with E-state index in [1.165, 1.54) is 0 Å². The summed E-state index contributed by atoms with van der Waals surface area (Å²) in [5.74, 6) is -0.326. The molecule has 0 saturated carbocycles. The van der Waals surface area contributed by atoms with Gasteiger partial charge in [-0.1, -0.05) is 0 Å². The molecular formula is C8H17NO4. The molecule has 78 valence electrons. The maximum Gasteiger partial charge on any atom is 0.320 e. The van der Waals surface area contributed by atoms with Gasteiger partial charge in [-0.15, -0.1) is 0 Å². The molecule has 0 aromatic rings. The molecule has 0 bridgehead atoms. The van der Waals surface area contributed by atoms with Crippen molar-refractivity contribution in [3.63, 3.8) is 0 Å². The van der Waals surface area contributed by atoms with Crippen LogP contribution in [0.5, 0.6) is 0 Å². The predicted octanol–water partition coefficient (Wildman–Crippen LogP) is -0.852. The van der Waals surface area contributed by atoms with Gasteiger partial charge in [0.05, 0.1) is 19.8 Å². The molecule has 2 N–H and O–H groups in total. The molecule has 0 heterocycles. The van der Waals surface area contributed by atoms with E-state index in [4.69, 9.17) is 14.6 Å². The lowest BCUT2D eigenvalue weighted by Gasteiger charge is -2.04. The van der Waals surface area contributed by atoms with Crippen LogP contribution in [0.4, 0.5) is 0 Å². The third-order valence-corrected chi connectivity index (χ3v) is 1.25. The Labute approximate surface area is 78.0 Å². The van der Waals surface area contributed by atoms with Gasteiger partial charge in [-0.25, -0.2) is 0 Å². The third kappa shape index (κ3) is 9.26. The second-order valence-corrected chi connectivity index (χ2v) is 2.32. The Morgan fingerprint density at radius 1 is 1.46 bits per heavy atom. The zero-order valence-electron chi connectivity index (χ0n) is 7.91. The Hall–Kier alpha value is -0.650. The van der Waals surface area contributed by atoms with Gasteiger partial charge < -0.3 is 19.9 Å². The van der Waals surface area contributed by atoms with Crippen molar-refractivity contribution in [1.82, 2.24) is 5.32 Å². The fourth-order valence-corrected chi connectivity index (χ4v) is 0.679. The Morgan fingerprint density at radius 2 is 2.23 bits per heavy atom. The van der Waals surface area contributed by atoms with E-state index in [2.05, 4.69) is 5.32 Å².